The Balaban J connectivity index is 1.91. The van der Waals surface area contributed by atoms with Gasteiger partial charge in [-0.1, -0.05) is 13.3 Å². The molecule has 2 unspecified atom stereocenters. The van der Waals surface area contributed by atoms with E-state index in [-0.39, 0.29) is 17.9 Å². The van der Waals surface area contributed by atoms with Crippen LogP contribution in [0.25, 0.3) is 0 Å². The highest BCUT2D eigenvalue weighted by Crippen LogP contribution is 2.27. The first-order valence-corrected chi connectivity index (χ1v) is 7.47. The van der Waals surface area contributed by atoms with Gasteiger partial charge in [0.25, 0.3) is 0 Å². The van der Waals surface area contributed by atoms with E-state index in [4.69, 9.17) is 5.11 Å². The van der Waals surface area contributed by atoms with Gasteiger partial charge in [-0.2, -0.15) is 0 Å². The standard InChI is InChI=1S/C16H22N2O3/c1-2-15(19)18-13-8-6-12(7-9-13)17-14-5-3-4-11(10-14)16(20)21/h6-9,11,14,17H,2-5,10H2,1H3,(H,18,19)(H,20,21). The van der Waals surface area contributed by atoms with Crippen LogP contribution in [0.4, 0.5) is 11.4 Å². The summed E-state index contributed by atoms with van der Waals surface area (Å²) in [6.45, 7) is 1.81. The minimum Gasteiger partial charge on any atom is -0.481 e. The van der Waals surface area contributed by atoms with E-state index in [9.17, 15) is 9.59 Å². The summed E-state index contributed by atoms with van der Waals surface area (Å²) in [6.07, 6.45) is 3.84. The summed E-state index contributed by atoms with van der Waals surface area (Å²) in [7, 11) is 0. The largest absolute Gasteiger partial charge is 0.481 e. The second-order valence-electron chi connectivity index (χ2n) is 5.52. The van der Waals surface area contributed by atoms with Crippen molar-refractivity contribution in [2.75, 3.05) is 10.6 Å². The molecule has 0 heterocycles. The first-order valence-electron chi connectivity index (χ1n) is 7.47. The van der Waals surface area contributed by atoms with Crippen LogP contribution in [0.3, 0.4) is 0 Å². The molecule has 0 aliphatic heterocycles. The van der Waals surface area contributed by atoms with Crippen molar-refractivity contribution in [2.24, 2.45) is 5.92 Å². The van der Waals surface area contributed by atoms with Crippen LogP contribution in [0.15, 0.2) is 24.3 Å². The van der Waals surface area contributed by atoms with Gasteiger partial charge in [0.05, 0.1) is 5.92 Å². The van der Waals surface area contributed by atoms with Gasteiger partial charge in [-0.15, -0.1) is 0 Å². The lowest BCUT2D eigenvalue weighted by Crippen LogP contribution is -2.30. The van der Waals surface area contributed by atoms with Gasteiger partial charge < -0.3 is 15.7 Å². The fourth-order valence-electron chi connectivity index (χ4n) is 2.68. The molecule has 3 N–H and O–H groups in total. The van der Waals surface area contributed by atoms with Crippen molar-refractivity contribution in [2.45, 2.75) is 45.1 Å². The monoisotopic (exact) mass is 290 g/mol. The minimum absolute atomic E-state index is 0.00714. The molecule has 114 valence electrons. The number of carboxylic acids is 1. The predicted molar refractivity (Wildman–Crippen MR) is 82.4 cm³/mol. The second-order valence-corrected chi connectivity index (χ2v) is 5.52. The quantitative estimate of drug-likeness (QED) is 0.778. The van der Waals surface area contributed by atoms with Crippen LogP contribution in [0.2, 0.25) is 0 Å². The summed E-state index contributed by atoms with van der Waals surface area (Å²) in [5, 5.41) is 15.3. The van der Waals surface area contributed by atoms with Crippen molar-refractivity contribution < 1.29 is 14.7 Å². The van der Waals surface area contributed by atoms with Gasteiger partial charge >= 0.3 is 5.97 Å². The number of hydrogen-bond acceptors (Lipinski definition) is 3. The summed E-state index contributed by atoms with van der Waals surface area (Å²) in [6, 6.07) is 7.74. The molecule has 1 aromatic rings. The van der Waals surface area contributed by atoms with Crippen LogP contribution in [-0.2, 0) is 9.59 Å². The van der Waals surface area contributed by atoms with E-state index >= 15 is 0 Å². The van der Waals surface area contributed by atoms with Gasteiger partial charge in [0.1, 0.15) is 0 Å². The highest BCUT2D eigenvalue weighted by atomic mass is 16.4. The van der Waals surface area contributed by atoms with Gasteiger partial charge in [-0.05, 0) is 43.5 Å². The van der Waals surface area contributed by atoms with E-state index in [2.05, 4.69) is 10.6 Å². The zero-order chi connectivity index (χ0) is 15.2. The zero-order valence-electron chi connectivity index (χ0n) is 12.3. The molecule has 1 fully saturated rings. The summed E-state index contributed by atoms with van der Waals surface area (Å²) >= 11 is 0. The number of rotatable bonds is 5. The number of nitrogens with one attached hydrogen (secondary N) is 2. The Morgan fingerprint density at radius 3 is 2.48 bits per heavy atom. The van der Waals surface area contributed by atoms with Gasteiger partial charge in [-0.3, -0.25) is 9.59 Å². The molecular weight excluding hydrogens is 268 g/mol. The number of amides is 1. The van der Waals surface area contributed by atoms with Gasteiger partial charge in [0.2, 0.25) is 5.91 Å². The molecule has 0 radical (unpaired) electrons. The van der Waals surface area contributed by atoms with Gasteiger partial charge in [0, 0.05) is 23.8 Å². The molecule has 1 saturated carbocycles. The number of benzene rings is 1. The number of carboxylic acid groups (broad SMARTS) is 1. The summed E-state index contributed by atoms with van der Waals surface area (Å²) in [5.74, 6) is -0.939. The molecule has 5 nitrogen and oxygen atoms in total. The van der Waals surface area contributed by atoms with Crippen LogP contribution in [0.1, 0.15) is 39.0 Å². The summed E-state index contributed by atoms with van der Waals surface area (Å²) < 4.78 is 0. The fourth-order valence-corrected chi connectivity index (χ4v) is 2.68. The Kier molecular flexibility index (Phi) is 5.20. The topological polar surface area (TPSA) is 78.4 Å². The van der Waals surface area contributed by atoms with Crippen LogP contribution >= 0.6 is 0 Å². The third kappa shape index (κ3) is 4.48. The smallest absolute Gasteiger partial charge is 0.306 e. The molecule has 21 heavy (non-hydrogen) atoms. The normalized spacial score (nSPS) is 21.6. The molecule has 1 aromatic carbocycles. The van der Waals surface area contributed by atoms with E-state index in [0.717, 1.165) is 30.6 Å². The van der Waals surface area contributed by atoms with Crippen molar-refractivity contribution in [1.82, 2.24) is 0 Å². The number of anilines is 2. The van der Waals surface area contributed by atoms with Crippen molar-refractivity contribution in [1.29, 1.82) is 0 Å². The number of aliphatic carboxylic acids is 1. The first-order chi connectivity index (χ1) is 10.1. The molecule has 0 spiro atoms. The molecular formula is C16H22N2O3. The predicted octanol–water partition coefficient (Wildman–Crippen LogP) is 3.09. The Morgan fingerprint density at radius 2 is 1.86 bits per heavy atom. The molecule has 0 saturated heterocycles. The SMILES string of the molecule is CCC(=O)Nc1ccc(NC2CCCC(C(=O)O)C2)cc1. The molecule has 0 bridgehead atoms. The zero-order valence-corrected chi connectivity index (χ0v) is 12.3. The minimum atomic E-state index is -0.695. The maximum Gasteiger partial charge on any atom is 0.306 e. The lowest BCUT2D eigenvalue weighted by molar-refractivity contribution is -0.142. The average molecular weight is 290 g/mol. The number of carbonyl (C=O) groups excluding carboxylic acids is 1. The fraction of sp³-hybridized carbons (Fsp3) is 0.500. The third-order valence-electron chi connectivity index (χ3n) is 3.88. The Labute approximate surface area is 124 Å². The molecule has 1 amide bonds. The van der Waals surface area contributed by atoms with E-state index in [1.54, 1.807) is 0 Å². The maximum atomic E-state index is 11.3. The Morgan fingerprint density at radius 1 is 1.19 bits per heavy atom. The van der Waals surface area contributed by atoms with Crippen molar-refractivity contribution in [3.05, 3.63) is 24.3 Å². The molecule has 2 atom stereocenters. The summed E-state index contributed by atoms with van der Waals surface area (Å²) in [4.78, 5) is 22.4. The van der Waals surface area contributed by atoms with Gasteiger partial charge in [-0.25, -0.2) is 0 Å². The van der Waals surface area contributed by atoms with Crippen molar-refractivity contribution >= 4 is 23.3 Å². The lowest BCUT2D eigenvalue weighted by Gasteiger charge is -2.28. The van der Waals surface area contributed by atoms with Crippen LogP contribution in [0, 0.1) is 5.92 Å². The van der Waals surface area contributed by atoms with Crippen LogP contribution < -0.4 is 10.6 Å². The van der Waals surface area contributed by atoms with Crippen molar-refractivity contribution in [3.8, 4) is 0 Å². The van der Waals surface area contributed by atoms with E-state index in [1.807, 2.05) is 31.2 Å². The van der Waals surface area contributed by atoms with Gasteiger partial charge in [0.15, 0.2) is 0 Å². The van der Waals surface area contributed by atoms with Crippen LogP contribution in [-0.4, -0.2) is 23.0 Å². The van der Waals surface area contributed by atoms with E-state index < -0.39 is 5.97 Å². The average Bonchev–Trinajstić information content (AvgIpc) is 2.49. The molecule has 0 aromatic heterocycles. The summed E-state index contributed by atoms with van der Waals surface area (Å²) in [5.41, 5.74) is 1.74. The Hall–Kier alpha value is -2.04. The van der Waals surface area contributed by atoms with Crippen LogP contribution in [0.5, 0.6) is 0 Å². The number of carbonyl (C=O) groups is 2. The first kappa shape index (κ1) is 15.4. The highest BCUT2D eigenvalue weighted by Gasteiger charge is 2.26. The molecule has 2 rings (SSSR count). The molecule has 1 aliphatic rings. The molecule has 1 aliphatic carbocycles. The van der Waals surface area contributed by atoms with E-state index in [0.29, 0.717) is 12.8 Å². The maximum absolute atomic E-state index is 11.3. The lowest BCUT2D eigenvalue weighted by atomic mass is 9.85. The van der Waals surface area contributed by atoms with E-state index in [1.165, 1.54) is 0 Å². The number of hydrogen-bond donors (Lipinski definition) is 3. The van der Waals surface area contributed by atoms with Crippen molar-refractivity contribution in [3.63, 3.8) is 0 Å². The second kappa shape index (κ2) is 7.11. The molecule has 5 heteroatoms. The third-order valence-corrected chi connectivity index (χ3v) is 3.88. The Bertz CT molecular complexity index is 499. The highest BCUT2D eigenvalue weighted by molar-refractivity contribution is 5.90.